The third-order valence-electron chi connectivity index (χ3n) is 2.65. The Morgan fingerprint density at radius 1 is 1.67 bits per heavy atom. The molecule has 1 aliphatic rings. The number of nitrogens with two attached hydrogens (primary N) is 1. The van der Waals surface area contributed by atoms with Crippen molar-refractivity contribution in [1.82, 2.24) is 15.5 Å². The zero-order valence-electron chi connectivity index (χ0n) is 10.1. The fourth-order valence-corrected chi connectivity index (χ4v) is 1.75. The molecular weight excluding hydrogens is 250 g/mol. The van der Waals surface area contributed by atoms with Gasteiger partial charge in [-0.05, 0) is 18.9 Å². The lowest BCUT2D eigenvalue weighted by Gasteiger charge is -2.19. The molecule has 7 heteroatoms. The summed E-state index contributed by atoms with van der Waals surface area (Å²) in [6, 6.07) is 2.04. The van der Waals surface area contributed by atoms with Crippen molar-refractivity contribution in [2.24, 2.45) is 5.73 Å². The number of amides is 1. The zero-order chi connectivity index (χ0) is 13.1. The van der Waals surface area contributed by atoms with Crippen LogP contribution in [0, 0.1) is 0 Å². The van der Waals surface area contributed by atoms with Crippen molar-refractivity contribution >= 4 is 28.9 Å². The second-order valence-electron chi connectivity index (χ2n) is 4.33. The molecule has 2 rings (SSSR count). The van der Waals surface area contributed by atoms with E-state index in [0.29, 0.717) is 17.4 Å². The van der Waals surface area contributed by atoms with Crippen LogP contribution in [-0.2, 0) is 4.79 Å². The van der Waals surface area contributed by atoms with E-state index in [1.807, 2.05) is 0 Å². The molecule has 0 aromatic carbocycles. The molecule has 1 heterocycles. The molecule has 96 valence electrons. The van der Waals surface area contributed by atoms with Gasteiger partial charge in [0.25, 0.3) is 0 Å². The summed E-state index contributed by atoms with van der Waals surface area (Å²) in [5.41, 5.74) is 6.24. The van der Waals surface area contributed by atoms with Crippen LogP contribution in [0.2, 0.25) is 0 Å². The van der Waals surface area contributed by atoms with Crippen molar-refractivity contribution in [2.45, 2.75) is 18.9 Å². The molecule has 0 aliphatic heterocycles. The summed E-state index contributed by atoms with van der Waals surface area (Å²) < 4.78 is 0. The van der Waals surface area contributed by atoms with Crippen LogP contribution in [0.1, 0.15) is 18.4 Å². The van der Waals surface area contributed by atoms with Crippen LogP contribution in [0.3, 0.4) is 0 Å². The number of rotatable bonds is 5. The number of aromatic nitrogens is 2. The van der Waals surface area contributed by atoms with Gasteiger partial charge < -0.3 is 16.0 Å². The SMILES string of the molecule is CN(CC(=O)NC1CC1)c1nnccc1C(N)=S. The lowest BCUT2D eigenvalue weighted by molar-refractivity contribution is -0.119. The van der Waals surface area contributed by atoms with Crippen molar-refractivity contribution in [3.05, 3.63) is 17.8 Å². The number of nitrogens with zero attached hydrogens (tertiary/aromatic N) is 3. The standard InChI is InChI=1S/C11H15N5OS/c1-16(6-9(17)14-7-2-3-7)11-8(10(12)18)4-5-13-15-11/h4-5,7H,2-3,6H2,1H3,(H2,12,18)(H,14,17). The average molecular weight is 265 g/mol. The Kier molecular flexibility index (Phi) is 3.71. The van der Waals surface area contributed by atoms with E-state index in [0.717, 1.165) is 12.8 Å². The van der Waals surface area contributed by atoms with Crippen LogP contribution in [0.25, 0.3) is 0 Å². The minimum atomic E-state index is -0.0282. The van der Waals surface area contributed by atoms with E-state index in [1.165, 1.54) is 6.20 Å². The number of hydrogen-bond acceptors (Lipinski definition) is 5. The van der Waals surface area contributed by atoms with E-state index >= 15 is 0 Å². The van der Waals surface area contributed by atoms with Gasteiger partial charge in [0.1, 0.15) is 4.99 Å². The molecule has 18 heavy (non-hydrogen) atoms. The molecule has 1 aromatic rings. The van der Waals surface area contributed by atoms with Gasteiger partial charge in [-0.3, -0.25) is 4.79 Å². The molecule has 0 atom stereocenters. The largest absolute Gasteiger partial charge is 0.389 e. The summed E-state index contributed by atoms with van der Waals surface area (Å²) in [5.74, 6) is 0.496. The number of hydrogen-bond donors (Lipinski definition) is 2. The molecule has 1 aromatic heterocycles. The van der Waals surface area contributed by atoms with Gasteiger partial charge in [0.05, 0.1) is 18.3 Å². The topological polar surface area (TPSA) is 84.1 Å². The van der Waals surface area contributed by atoms with Crippen molar-refractivity contribution in [3.8, 4) is 0 Å². The Balaban J connectivity index is 2.05. The highest BCUT2D eigenvalue weighted by molar-refractivity contribution is 7.80. The molecule has 0 spiro atoms. The van der Waals surface area contributed by atoms with E-state index in [1.54, 1.807) is 18.0 Å². The molecule has 6 nitrogen and oxygen atoms in total. The quantitative estimate of drug-likeness (QED) is 0.719. The highest BCUT2D eigenvalue weighted by Gasteiger charge is 2.24. The summed E-state index contributed by atoms with van der Waals surface area (Å²) in [7, 11) is 1.76. The third kappa shape index (κ3) is 3.13. The van der Waals surface area contributed by atoms with Gasteiger partial charge >= 0.3 is 0 Å². The predicted octanol–water partition coefficient (Wildman–Crippen LogP) is -0.174. The zero-order valence-corrected chi connectivity index (χ0v) is 10.9. The number of carbonyl (C=O) groups is 1. The van der Waals surface area contributed by atoms with Gasteiger partial charge in [-0.25, -0.2) is 0 Å². The maximum atomic E-state index is 11.7. The van der Waals surface area contributed by atoms with E-state index < -0.39 is 0 Å². The molecular formula is C11H15N5OS. The van der Waals surface area contributed by atoms with Crippen LogP contribution in [-0.4, -0.2) is 40.7 Å². The summed E-state index contributed by atoms with van der Waals surface area (Å²) >= 11 is 4.95. The number of likely N-dealkylation sites (N-methyl/N-ethyl adjacent to an activating group) is 1. The Labute approximate surface area is 111 Å². The van der Waals surface area contributed by atoms with Crippen LogP contribution in [0.15, 0.2) is 12.3 Å². The number of anilines is 1. The molecule has 1 aliphatic carbocycles. The van der Waals surface area contributed by atoms with Crippen LogP contribution >= 0.6 is 12.2 Å². The maximum Gasteiger partial charge on any atom is 0.239 e. The second kappa shape index (κ2) is 5.26. The first-order valence-corrected chi connectivity index (χ1v) is 6.10. The predicted molar refractivity (Wildman–Crippen MR) is 72.4 cm³/mol. The van der Waals surface area contributed by atoms with Crippen molar-refractivity contribution < 1.29 is 4.79 Å². The van der Waals surface area contributed by atoms with E-state index in [2.05, 4.69) is 15.5 Å². The van der Waals surface area contributed by atoms with Gasteiger partial charge in [-0.1, -0.05) is 12.2 Å². The summed E-state index contributed by atoms with van der Waals surface area (Å²) in [6.45, 7) is 0.213. The Morgan fingerprint density at radius 3 is 3.00 bits per heavy atom. The average Bonchev–Trinajstić information content (AvgIpc) is 3.12. The molecule has 1 amide bonds. The summed E-state index contributed by atoms with van der Waals surface area (Å²) in [6.07, 6.45) is 3.66. The minimum Gasteiger partial charge on any atom is -0.389 e. The smallest absolute Gasteiger partial charge is 0.239 e. The molecule has 1 saturated carbocycles. The fraction of sp³-hybridized carbons (Fsp3) is 0.455. The number of nitrogens with one attached hydrogen (secondary N) is 1. The molecule has 1 fully saturated rings. The Morgan fingerprint density at radius 2 is 2.39 bits per heavy atom. The Bertz CT molecular complexity index is 474. The van der Waals surface area contributed by atoms with E-state index in [4.69, 9.17) is 18.0 Å². The fourth-order valence-electron chi connectivity index (χ4n) is 1.59. The molecule has 0 saturated heterocycles. The summed E-state index contributed by atoms with van der Waals surface area (Å²) in [5, 5.41) is 10.7. The van der Waals surface area contributed by atoms with E-state index in [-0.39, 0.29) is 17.4 Å². The molecule has 3 N–H and O–H groups in total. The Hall–Kier alpha value is -1.76. The van der Waals surface area contributed by atoms with Crippen LogP contribution in [0.4, 0.5) is 5.82 Å². The molecule has 0 radical (unpaired) electrons. The molecule has 0 unspecified atom stereocenters. The van der Waals surface area contributed by atoms with Gasteiger partial charge in [0.15, 0.2) is 5.82 Å². The van der Waals surface area contributed by atoms with Gasteiger partial charge in [-0.2, -0.15) is 5.10 Å². The maximum absolute atomic E-state index is 11.7. The van der Waals surface area contributed by atoms with E-state index in [9.17, 15) is 4.79 Å². The first-order valence-electron chi connectivity index (χ1n) is 5.70. The highest BCUT2D eigenvalue weighted by atomic mass is 32.1. The first kappa shape index (κ1) is 12.7. The lowest BCUT2D eigenvalue weighted by atomic mass is 10.2. The highest BCUT2D eigenvalue weighted by Crippen LogP contribution is 2.19. The van der Waals surface area contributed by atoms with Crippen molar-refractivity contribution in [1.29, 1.82) is 0 Å². The number of carbonyl (C=O) groups excluding carboxylic acids is 1. The second-order valence-corrected chi connectivity index (χ2v) is 4.77. The minimum absolute atomic E-state index is 0.0282. The van der Waals surface area contributed by atoms with Gasteiger partial charge in [0, 0.05) is 13.1 Å². The molecule has 0 bridgehead atoms. The van der Waals surface area contributed by atoms with Gasteiger partial charge in [0.2, 0.25) is 5.91 Å². The lowest BCUT2D eigenvalue weighted by Crippen LogP contribution is -2.37. The first-order chi connectivity index (χ1) is 8.58. The third-order valence-corrected chi connectivity index (χ3v) is 2.87. The van der Waals surface area contributed by atoms with Crippen LogP contribution in [0.5, 0.6) is 0 Å². The van der Waals surface area contributed by atoms with Gasteiger partial charge in [-0.15, -0.1) is 5.10 Å². The normalized spacial score (nSPS) is 14.1. The van der Waals surface area contributed by atoms with Crippen molar-refractivity contribution in [3.63, 3.8) is 0 Å². The van der Waals surface area contributed by atoms with Crippen LogP contribution < -0.4 is 16.0 Å². The summed E-state index contributed by atoms with van der Waals surface area (Å²) in [4.78, 5) is 13.6. The van der Waals surface area contributed by atoms with Crippen molar-refractivity contribution in [2.75, 3.05) is 18.5 Å². The monoisotopic (exact) mass is 265 g/mol. The number of thiocarbonyl (C=S) groups is 1.